The lowest BCUT2D eigenvalue weighted by molar-refractivity contribution is 0.0955. The van der Waals surface area contributed by atoms with Gasteiger partial charge in [-0.1, -0.05) is 18.2 Å². The molecule has 1 aromatic carbocycles. The Morgan fingerprint density at radius 3 is 2.84 bits per heavy atom. The Balaban J connectivity index is 2.01. The number of rotatable bonds is 6. The number of aliphatic hydroxyl groups excluding tert-OH is 1. The molecule has 0 fully saturated rings. The summed E-state index contributed by atoms with van der Waals surface area (Å²) in [5, 5.41) is 15.4. The molecular weight excluding hydrogens is 242 g/mol. The van der Waals surface area contributed by atoms with E-state index in [0.29, 0.717) is 30.7 Å². The van der Waals surface area contributed by atoms with Gasteiger partial charge in [0.15, 0.2) is 0 Å². The fourth-order valence-corrected chi connectivity index (χ4v) is 1.85. The number of nitrogens with one attached hydrogen (secondary N) is 2. The van der Waals surface area contributed by atoms with E-state index in [2.05, 4.69) is 15.6 Å². The van der Waals surface area contributed by atoms with Crippen LogP contribution in [0.25, 0.3) is 10.9 Å². The van der Waals surface area contributed by atoms with Gasteiger partial charge in [-0.15, -0.1) is 0 Å². The number of aromatic nitrogens is 1. The molecule has 5 heteroatoms. The maximum absolute atomic E-state index is 12.1. The van der Waals surface area contributed by atoms with Crippen molar-refractivity contribution in [2.24, 2.45) is 0 Å². The second-order valence-electron chi connectivity index (χ2n) is 4.11. The van der Waals surface area contributed by atoms with Crippen LogP contribution in [0.3, 0.4) is 0 Å². The van der Waals surface area contributed by atoms with E-state index < -0.39 is 0 Å². The number of carbonyl (C=O) groups is 1. The van der Waals surface area contributed by atoms with E-state index in [1.54, 1.807) is 12.3 Å². The lowest BCUT2D eigenvalue weighted by Crippen LogP contribution is -2.33. The predicted octanol–water partition coefficient (Wildman–Crippen LogP) is 0.547. The van der Waals surface area contributed by atoms with Gasteiger partial charge in [-0.2, -0.15) is 0 Å². The molecule has 0 spiro atoms. The van der Waals surface area contributed by atoms with Crippen LogP contribution < -0.4 is 10.6 Å². The normalized spacial score (nSPS) is 10.6. The topological polar surface area (TPSA) is 74.2 Å². The summed E-state index contributed by atoms with van der Waals surface area (Å²) < 4.78 is 0. The van der Waals surface area contributed by atoms with Crippen LogP contribution in [0.5, 0.6) is 0 Å². The molecule has 100 valence electrons. The van der Waals surface area contributed by atoms with Crippen molar-refractivity contribution in [3.63, 3.8) is 0 Å². The third-order valence-electron chi connectivity index (χ3n) is 2.75. The Morgan fingerprint density at radius 1 is 1.16 bits per heavy atom. The monoisotopic (exact) mass is 259 g/mol. The number of aliphatic hydroxyl groups is 1. The quantitative estimate of drug-likeness (QED) is 0.662. The van der Waals surface area contributed by atoms with E-state index in [9.17, 15) is 4.79 Å². The molecule has 1 amide bonds. The molecule has 0 saturated carbocycles. The second kappa shape index (κ2) is 6.82. The molecule has 1 aromatic heterocycles. The van der Waals surface area contributed by atoms with E-state index in [-0.39, 0.29) is 12.5 Å². The van der Waals surface area contributed by atoms with Gasteiger partial charge in [-0.05, 0) is 12.1 Å². The average molecular weight is 259 g/mol. The highest BCUT2D eigenvalue weighted by atomic mass is 16.3. The molecule has 0 aliphatic rings. The lowest BCUT2D eigenvalue weighted by atomic mass is 10.1. The molecule has 5 nitrogen and oxygen atoms in total. The molecule has 0 aliphatic heterocycles. The molecule has 19 heavy (non-hydrogen) atoms. The van der Waals surface area contributed by atoms with Crippen LogP contribution in [0.1, 0.15) is 10.4 Å². The van der Waals surface area contributed by atoms with Crippen LogP contribution in [0.2, 0.25) is 0 Å². The Bertz CT molecular complexity index is 552. The molecule has 2 rings (SSSR count). The molecule has 2 aromatic rings. The molecule has 1 heterocycles. The Hall–Kier alpha value is -1.98. The number of carbonyl (C=O) groups excluding carboxylic acids is 1. The van der Waals surface area contributed by atoms with Gasteiger partial charge >= 0.3 is 0 Å². The maximum Gasteiger partial charge on any atom is 0.253 e. The van der Waals surface area contributed by atoms with Crippen molar-refractivity contribution in [3.05, 3.63) is 42.1 Å². The minimum absolute atomic E-state index is 0.0984. The van der Waals surface area contributed by atoms with Crippen molar-refractivity contribution in [2.75, 3.05) is 26.2 Å². The number of benzene rings is 1. The van der Waals surface area contributed by atoms with E-state index in [1.165, 1.54) is 0 Å². The van der Waals surface area contributed by atoms with Crippen LogP contribution in [-0.4, -0.2) is 42.2 Å². The van der Waals surface area contributed by atoms with Crippen molar-refractivity contribution in [1.29, 1.82) is 0 Å². The number of hydrogen-bond donors (Lipinski definition) is 3. The molecule has 0 radical (unpaired) electrons. The number of pyridine rings is 1. The third-order valence-corrected chi connectivity index (χ3v) is 2.75. The summed E-state index contributed by atoms with van der Waals surface area (Å²) in [7, 11) is 0. The van der Waals surface area contributed by atoms with Crippen LogP contribution in [-0.2, 0) is 0 Å². The zero-order valence-electron chi connectivity index (χ0n) is 10.6. The van der Waals surface area contributed by atoms with Crippen molar-refractivity contribution in [2.45, 2.75) is 0 Å². The highest BCUT2D eigenvalue weighted by Crippen LogP contribution is 2.15. The Labute approximate surface area is 111 Å². The summed E-state index contributed by atoms with van der Waals surface area (Å²) in [5.74, 6) is -0.130. The zero-order valence-corrected chi connectivity index (χ0v) is 10.6. The molecule has 0 aliphatic carbocycles. The predicted molar refractivity (Wildman–Crippen MR) is 74.0 cm³/mol. The summed E-state index contributed by atoms with van der Waals surface area (Å²) in [6.07, 6.45) is 1.68. The second-order valence-corrected chi connectivity index (χ2v) is 4.11. The van der Waals surface area contributed by atoms with Gasteiger partial charge in [0.2, 0.25) is 0 Å². The van der Waals surface area contributed by atoms with Gasteiger partial charge < -0.3 is 15.7 Å². The van der Waals surface area contributed by atoms with Crippen molar-refractivity contribution < 1.29 is 9.90 Å². The van der Waals surface area contributed by atoms with Crippen molar-refractivity contribution in [3.8, 4) is 0 Å². The van der Waals surface area contributed by atoms with Gasteiger partial charge in [-0.25, -0.2) is 0 Å². The fourth-order valence-electron chi connectivity index (χ4n) is 1.85. The minimum Gasteiger partial charge on any atom is -0.395 e. The first-order valence-electron chi connectivity index (χ1n) is 6.26. The number of amides is 1. The molecule has 0 saturated heterocycles. The first-order valence-corrected chi connectivity index (χ1v) is 6.26. The van der Waals surface area contributed by atoms with Crippen molar-refractivity contribution >= 4 is 16.8 Å². The molecular formula is C14H17N3O2. The Morgan fingerprint density at radius 2 is 2.00 bits per heavy atom. The summed E-state index contributed by atoms with van der Waals surface area (Å²) in [5.41, 5.74) is 1.30. The lowest BCUT2D eigenvalue weighted by Gasteiger charge is -2.07. The van der Waals surface area contributed by atoms with E-state index in [0.717, 1.165) is 5.39 Å². The SMILES string of the molecule is O=C(NCCNCCO)c1cccc2cccnc12. The van der Waals surface area contributed by atoms with Crippen LogP contribution in [0, 0.1) is 0 Å². The molecule has 3 N–H and O–H groups in total. The summed E-state index contributed by atoms with van der Waals surface area (Å²) >= 11 is 0. The Kier molecular flexibility index (Phi) is 4.83. The van der Waals surface area contributed by atoms with Gasteiger partial charge in [-0.3, -0.25) is 9.78 Å². The minimum atomic E-state index is -0.130. The van der Waals surface area contributed by atoms with Gasteiger partial charge in [0, 0.05) is 31.2 Å². The fraction of sp³-hybridized carbons (Fsp3) is 0.286. The number of hydrogen-bond acceptors (Lipinski definition) is 4. The summed E-state index contributed by atoms with van der Waals surface area (Å²) in [6, 6.07) is 9.33. The van der Waals surface area contributed by atoms with Gasteiger partial charge in [0.05, 0.1) is 17.7 Å². The highest BCUT2D eigenvalue weighted by Gasteiger charge is 2.09. The average Bonchev–Trinajstić information content (AvgIpc) is 2.46. The summed E-state index contributed by atoms with van der Waals surface area (Å²) in [4.78, 5) is 16.3. The van der Waals surface area contributed by atoms with Gasteiger partial charge in [0.25, 0.3) is 5.91 Å². The molecule has 0 bridgehead atoms. The highest BCUT2D eigenvalue weighted by molar-refractivity contribution is 6.05. The van der Waals surface area contributed by atoms with E-state index >= 15 is 0 Å². The van der Waals surface area contributed by atoms with Crippen LogP contribution in [0.15, 0.2) is 36.5 Å². The number of nitrogens with zero attached hydrogens (tertiary/aromatic N) is 1. The third kappa shape index (κ3) is 3.49. The smallest absolute Gasteiger partial charge is 0.253 e. The first-order chi connectivity index (χ1) is 9.33. The van der Waals surface area contributed by atoms with E-state index in [1.807, 2.05) is 24.3 Å². The van der Waals surface area contributed by atoms with Gasteiger partial charge in [0.1, 0.15) is 0 Å². The van der Waals surface area contributed by atoms with Crippen molar-refractivity contribution in [1.82, 2.24) is 15.6 Å². The van der Waals surface area contributed by atoms with Crippen LogP contribution >= 0.6 is 0 Å². The number of para-hydroxylation sites is 1. The summed E-state index contributed by atoms with van der Waals surface area (Å²) in [6.45, 7) is 1.78. The first kappa shape index (κ1) is 13.5. The van der Waals surface area contributed by atoms with E-state index in [4.69, 9.17) is 5.11 Å². The number of fused-ring (bicyclic) bond motifs is 1. The molecule has 0 unspecified atom stereocenters. The molecule has 0 atom stereocenters. The standard InChI is InChI=1S/C14H17N3O2/c18-10-9-15-7-8-17-14(19)12-5-1-3-11-4-2-6-16-13(11)12/h1-6,15,18H,7-10H2,(H,17,19). The largest absolute Gasteiger partial charge is 0.395 e. The zero-order chi connectivity index (χ0) is 13.5. The van der Waals surface area contributed by atoms with Crippen LogP contribution in [0.4, 0.5) is 0 Å². The maximum atomic E-state index is 12.1.